The van der Waals surface area contributed by atoms with Crippen molar-refractivity contribution in [2.24, 2.45) is 5.10 Å². The number of methoxy groups -OCH3 is 1. The van der Waals surface area contributed by atoms with Crippen LogP contribution in [-0.4, -0.2) is 23.6 Å². The predicted octanol–water partition coefficient (Wildman–Crippen LogP) is 1.96. The van der Waals surface area contributed by atoms with E-state index in [4.69, 9.17) is 4.74 Å². The van der Waals surface area contributed by atoms with E-state index in [0.717, 1.165) is 34.6 Å². The molecule has 0 aliphatic heterocycles. The van der Waals surface area contributed by atoms with Crippen molar-refractivity contribution in [3.05, 3.63) is 39.2 Å². The van der Waals surface area contributed by atoms with Gasteiger partial charge < -0.3 is 4.74 Å². The van der Waals surface area contributed by atoms with Gasteiger partial charge in [-0.3, -0.25) is 10.2 Å². The Hall–Kier alpha value is -2.47. The van der Waals surface area contributed by atoms with Crippen LogP contribution in [0.1, 0.15) is 30.2 Å². The molecule has 23 heavy (non-hydrogen) atoms. The molecule has 118 valence electrons. The first-order chi connectivity index (χ1) is 11.2. The predicted molar refractivity (Wildman–Crippen MR) is 93.7 cm³/mol. The number of nitrogens with one attached hydrogen (secondary N) is 1. The maximum Gasteiger partial charge on any atom is 0.209 e. The number of ketones is 1. The van der Waals surface area contributed by atoms with Crippen molar-refractivity contribution in [2.75, 3.05) is 12.5 Å². The number of hydrogen-bond acceptors (Lipinski definition) is 6. The number of anilines is 1. The summed E-state index contributed by atoms with van der Waals surface area (Å²) in [4.78, 5) is 16.9. The molecule has 0 bridgehead atoms. The average molecular weight is 327 g/mol. The van der Waals surface area contributed by atoms with E-state index in [2.05, 4.69) is 27.7 Å². The van der Waals surface area contributed by atoms with Crippen LogP contribution in [0.5, 0.6) is 5.75 Å². The van der Waals surface area contributed by atoms with Gasteiger partial charge in [0.15, 0.2) is 0 Å². The van der Waals surface area contributed by atoms with E-state index in [9.17, 15) is 4.79 Å². The monoisotopic (exact) mass is 327 g/mol. The molecule has 1 N–H and O–H groups in total. The molecule has 0 spiro atoms. The van der Waals surface area contributed by atoms with Crippen molar-refractivity contribution in [1.29, 1.82) is 0 Å². The van der Waals surface area contributed by atoms with Crippen molar-refractivity contribution in [1.82, 2.24) is 4.98 Å². The lowest BCUT2D eigenvalue weighted by Gasteiger charge is -2.00. The smallest absolute Gasteiger partial charge is 0.209 e. The first kappa shape index (κ1) is 14.1. The average Bonchev–Trinajstić information content (AvgIpc) is 3.13. The molecule has 0 fully saturated rings. The van der Waals surface area contributed by atoms with E-state index in [-0.39, 0.29) is 7.21 Å². The summed E-state index contributed by atoms with van der Waals surface area (Å²) in [7, 11) is 1.62. The SMILES string of the molecule is COc1ccc2c(c1)C/C(=N/Nc1nc3c(s1)=CCCC=3)C2=O.[HH]. The fourth-order valence-electron chi connectivity index (χ4n) is 2.81. The van der Waals surface area contributed by atoms with Crippen molar-refractivity contribution < 1.29 is 11.0 Å². The number of Topliss-reactive ketones (excluding diaryl/α,β-unsaturated/α-hetero) is 1. The first-order valence-electron chi connectivity index (χ1n) is 7.46. The molecule has 1 heterocycles. The lowest BCUT2D eigenvalue weighted by Crippen LogP contribution is -2.22. The van der Waals surface area contributed by atoms with Gasteiger partial charge in [0, 0.05) is 13.4 Å². The van der Waals surface area contributed by atoms with E-state index < -0.39 is 0 Å². The molecule has 0 radical (unpaired) electrons. The molecule has 4 rings (SSSR count). The van der Waals surface area contributed by atoms with Gasteiger partial charge in [0.05, 0.1) is 17.0 Å². The number of ether oxygens (including phenoxy) is 1. The van der Waals surface area contributed by atoms with Gasteiger partial charge in [-0.15, -0.1) is 0 Å². The third kappa shape index (κ3) is 2.55. The third-order valence-corrected chi connectivity index (χ3v) is 4.95. The van der Waals surface area contributed by atoms with Crippen LogP contribution in [0.15, 0.2) is 23.3 Å². The molecule has 6 heteroatoms. The van der Waals surface area contributed by atoms with E-state index >= 15 is 0 Å². The zero-order valence-corrected chi connectivity index (χ0v) is 13.4. The number of carbonyl (C=O) groups is 1. The third-order valence-electron chi connectivity index (χ3n) is 3.98. The van der Waals surface area contributed by atoms with Crippen molar-refractivity contribution in [3.63, 3.8) is 0 Å². The molecule has 0 atom stereocenters. The molecule has 2 aliphatic carbocycles. The number of aromatic nitrogens is 1. The first-order valence-corrected chi connectivity index (χ1v) is 8.27. The highest BCUT2D eigenvalue weighted by Crippen LogP contribution is 2.25. The Morgan fingerprint density at radius 3 is 3.04 bits per heavy atom. The zero-order chi connectivity index (χ0) is 15.8. The number of hydrogen-bond donors (Lipinski definition) is 1. The van der Waals surface area contributed by atoms with Gasteiger partial charge in [0.2, 0.25) is 10.9 Å². The lowest BCUT2D eigenvalue weighted by molar-refractivity contribution is 0.106. The van der Waals surface area contributed by atoms with E-state index in [1.807, 2.05) is 6.07 Å². The molecule has 0 unspecified atom stereocenters. The summed E-state index contributed by atoms with van der Waals surface area (Å²) in [5, 5.41) is 6.01. The fourth-order valence-corrected chi connectivity index (χ4v) is 3.68. The van der Waals surface area contributed by atoms with Gasteiger partial charge in [-0.1, -0.05) is 23.5 Å². The number of fused-ring (bicyclic) bond motifs is 2. The van der Waals surface area contributed by atoms with E-state index in [0.29, 0.717) is 17.7 Å². The van der Waals surface area contributed by atoms with Crippen LogP contribution < -0.4 is 20.0 Å². The quantitative estimate of drug-likeness (QED) is 0.876. The lowest BCUT2D eigenvalue weighted by atomic mass is 10.1. The van der Waals surface area contributed by atoms with Gasteiger partial charge in [-0.05, 0) is 36.6 Å². The van der Waals surface area contributed by atoms with Gasteiger partial charge >= 0.3 is 0 Å². The normalized spacial score (nSPS) is 17.3. The summed E-state index contributed by atoms with van der Waals surface area (Å²) < 4.78 is 6.37. The second-order valence-corrected chi connectivity index (χ2v) is 6.48. The van der Waals surface area contributed by atoms with Crippen LogP contribution in [0.25, 0.3) is 12.2 Å². The molecule has 2 aromatic rings. The summed E-state index contributed by atoms with van der Waals surface area (Å²) in [5.74, 6) is 0.721. The second kappa shape index (κ2) is 5.62. The number of hydrazone groups is 1. The van der Waals surface area contributed by atoms with Crippen LogP contribution in [0.3, 0.4) is 0 Å². The van der Waals surface area contributed by atoms with Gasteiger partial charge in [0.25, 0.3) is 0 Å². The summed E-state index contributed by atoms with van der Waals surface area (Å²) in [6.45, 7) is 0. The van der Waals surface area contributed by atoms with Crippen LogP contribution in [0.2, 0.25) is 0 Å². The fraction of sp³-hybridized carbons (Fsp3) is 0.235. The van der Waals surface area contributed by atoms with Crippen LogP contribution in [0.4, 0.5) is 5.13 Å². The zero-order valence-electron chi connectivity index (χ0n) is 12.6. The number of benzene rings is 1. The van der Waals surface area contributed by atoms with Crippen LogP contribution in [-0.2, 0) is 6.42 Å². The summed E-state index contributed by atoms with van der Waals surface area (Å²) in [6, 6.07) is 5.49. The minimum absolute atomic E-state index is 0. The summed E-state index contributed by atoms with van der Waals surface area (Å²) in [6.07, 6.45) is 6.92. The Morgan fingerprint density at radius 2 is 2.22 bits per heavy atom. The molecular weight excluding hydrogens is 310 g/mol. The topological polar surface area (TPSA) is 63.6 Å². The van der Waals surface area contributed by atoms with Gasteiger partial charge in [0.1, 0.15) is 11.5 Å². The molecule has 1 aromatic carbocycles. The summed E-state index contributed by atoms with van der Waals surface area (Å²) in [5.41, 5.74) is 5.10. The minimum atomic E-state index is -0.0328. The highest BCUT2D eigenvalue weighted by Gasteiger charge is 2.27. The Morgan fingerprint density at radius 1 is 1.35 bits per heavy atom. The molecule has 0 amide bonds. The van der Waals surface area contributed by atoms with Crippen molar-refractivity contribution in [3.8, 4) is 5.75 Å². The Labute approximate surface area is 138 Å². The number of nitrogens with zero attached hydrogens (tertiary/aromatic N) is 2. The Bertz CT molecular complexity index is 916. The Balaban J connectivity index is 0.00000169. The molecule has 1 aromatic heterocycles. The van der Waals surface area contributed by atoms with Gasteiger partial charge in [-0.2, -0.15) is 5.10 Å². The van der Waals surface area contributed by atoms with Crippen molar-refractivity contribution in [2.45, 2.75) is 19.3 Å². The second-order valence-electron chi connectivity index (χ2n) is 5.45. The molecule has 0 saturated carbocycles. The van der Waals surface area contributed by atoms with E-state index in [1.54, 1.807) is 30.6 Å². The van der Waals surface area contributed by atoms with Crippen LogP contribution >= 0.6 is 11.3 Å². The Kier molecular flexibility index (Phi) is 3.46. The molecule has 0 saturated heterocycles. The molecular formula is C17H17N3O2S. The highest BCUT2D eigenvalue weighted by atomic mass is 32.1. The standard InChI is InChI=1S/C17H15N3O2S.H2/c1-22-11-6-7-12-10(8-11)9-14(16(12)21)19-20-17-18-13-4-2-3-5-15(13)23-17;/h4-8H,2-3,9H2,1H3,(H,18,20);1H/b19-14-;. The molecule has 5 nitrogen and oxygen atoms in total. The van der Waals surface area contributed by atoms with Crippen molar-refractivity contribution >= 4 is 40.1 Å². The van der Waals surface area contributed by atoms with Gasteiger partial charge in [-0.25, -0.2) is 4.98 Å². The minimum Gasteiger partial charge on any atom is -0.497 e. The summed E-state index contributed by atoms with van der Waals surface area (Å²) >= 11 is 1.56. The molecule has 2 aliphatic rings. The number of carbonyl (C=O) groups excluding carboxylic acids is 1. The number of thiazole rings is 1. The van der Waals surface area contributed by atoms with E-state index in [1.165, 1.54) is 4.53 Å². The van der Waals surface area contributed by atoms with Crippen LogP contribution in [0, 0.1) is 0 Å². The largest absolute Gasteiger partial charge is 0.497 e. The highest BCUT2D eigenvalue weighted by molar-refractivity contribution is 7.13. The maximum absolute atomic E-state index is 12.4. The maximum atomic E-state index is 12.4. The number of rotatable bonds is 3.